The Balaban J connectivity index is 1.34. The van der Waals surface area contributed by atoms with Crippen LogP contribution >= 0.6 is 0 Å². The number of carbonyl (C=O) groups excluding carboxylic acids is 1. The molecule has 2 atom stereocenters. The van der Waals surface area contributed by atoms with E-state index in [1.807, 2.05) is 31.2 Å². The molecular weight excluding hydrogens is 300 g/mol. The van der Waals surface area contributed by atoms with E-state index in [9.17, 15) is 4.79 Å². The van der Waals surface area contributed by atoms with E-state index in [0.29, 0.717) is 5.56 Å². The molecule has 2 aliphatic rings. The lowest BCUT2D eigenvalue weighted by Gasteiger charge is -2.16. The Kier molecular flexibility index (Phi) is 6.13. The third kappa shape index (κ3) is 4.50. The normalized spacial score (nSPS) is 23.2. The van der Waals surface area contributed by atoms with E-state index in [1.165, 1.54) is 32.4 Å². The molecule has 1 aromatic carbocycles. The summed E-state index contributed by atoms with van der Waals surface area (Å²) in [5, 5.41) is 2.88. The predicted octanol–water partition coefficient (Wildman–Crippen LogP) is 3.33. The van der Waals surface area contributed by atoms with Crippen LogP contribution in [0, 0.1) is 11.8 Å². The van der Waals surface area contributed by atoms with Gasteiger partial charge in [0.1, 0.15) is 5.75 Å². The van der Waals surface area contributed by atoms with E-state index < -0.39 is 0 Å². The van der Waals surface area contributed by atoms with Gasteiger partial charge in [0.05, 0.1) is 6.61 Å². The Labute approximate surface area is 145 Å². The van der Waals surface area contributed by atoms with Crippen molar-refractivity contribution in [3.8, 4) is 5.75 Å². The van der Waals surface area contributed by atoms with Crippen molar-refractivity contribution in [2.45, 2.75) is 39.0 Å². The Hall–Kier alpha value is -1.55. The Morgan fingerprint density at radius 3 is 2.58 bits per heavy atom. The van der Waals surface area contributed by atoms with Crippen LogP contribution in [-0.2, 0) is 0 Å². The molecule has 4 nitrogen and oxygen atoms in total. The average Bonchev–Trinajstić information content (AvgIpc) is 3.18. The molecule has 1 amide bonds. The number of likely N-dealkylation sites (tertiary alicyclic amines) is 1. The zero-order valence-corrected chi connectivity index (χ0v) is 14.8. The lowest BCUT2D eigenvalue weighted by Crippen LogP contribution is -2.24. The lowest BCUT2D eigenvalue weighted by atomic mass is 10.0. The minimum atomic E-state index is -0.0111. The summed E-state index contributed by atoms with van der Waals surface area (Å²) >= 11 is 0. The van der Waals surface area contributed by atoms with Crippen LogP contribution in [0.3, 0.4) is 0 Å². The Bertz CT molecular complexity index is 517. The summed E-state index contributed by atoms with van der Waals surface area (Å²) in [7, 11) is 0. The first-order chi connectivity index (χ1) is 11.8. The smallest absolute Gasteiger partial charge is 0.251 e. The summed E-state index contributed by atoms with van der Waals surface area (Å²) in [4.78, 5) is 14.5. The molecule has 24 heavy (non-hydrogen) atoms. The standard InChI is InChI=1S/C20H30N2O2/c1-2-11-21-20(23)16-7-9-19(10-8-16)24-13-4-12-22-14-17-5-3-6-18(17)15-22/h7-10,17-18H,2-6,11-15H2,1H3,(H,21,23). The molecule has 1 saturated carbocycles. The van der Waals surface area contributed by atoms with Crippen LogP contribution in [0.1, 0.15) is 49.4 Å². The number of amides is 1. The largest absolute Gasteiger partial charge is 0.494 e. The SMILES string of the molecule is CCCNC(=O)c1ccc(OCCCN2CC3CCCC3C2)cc1. The van der Waals surface area contributed by atoms with E-state index in [2.05, 4.69) is 10.2 Å². The molecule has 0 aromatic heterocycles. The molecule has 132 valence electrons. The van der Waals surface area contributed by atoms with E-state index in [1.54, 1.807) is 0 Å². The van der Waals surface area contributed by atoms with Crippen molar-refractivity contribution in [3.05, 3.63) is 29.8 Å². The first kappa shape index (κ1) is 17.3. The fourth-order valence-corrected chi connectivity index (χ4v) is 4.04. The molecule has 3 rings (SSSR count). The van der Waals surface area contributed by atoms with E-state index in [-0.39, 0.29) is 5.91 Å². The van der Waals surface area contributed by atoms with Gasteiger partial charge in [-0.15, -0.1) is 0 Å². The minimum absolute atomic E-state index is 0.0111. The van der Waals surface area contributed by atoms with Crippen molar-refractivity contribution in [1.82, 2.24) is 10.2 Å². The van der Waals surface area contributed by atoms with Gasteiger partial charge in [-0.2, -0.15) is 0 Å². The van der Waals surface area contributed by atoms with Gasteiger partial charge in [0.25, 0.3) is 5.91 Å². The maximum atomic E-state index is 11.8. The molecular formula is C20H30N2O2. The maximum absolute atomic E-state index is 11.8. The van der Waals surface area contributed by atoms with Gasteiger partial charge in [-0.1, -0.05) is 13.3 Å². The number of nitrogens with one attached hydrogen (secondary N) is 1. The number of ether oxygens (including phenoxy) is 1. The molecule has 1 saturated heterocycles. The quantitative estimate of drug-likeness (QED) is 0.744. The maximum Gasteiger partial charge on any atom is 0.251 e. The zero-order chi connectivity index (χ0) is 16.8. The van der Waals surface area contributed by atoms with Crippen molar-refractivity contribution in [2.24, 2.45) is 11.8 Å². The van der Waals surface area contributed by atoms with Crippen molar-refractivity contribution in [1.29, 1.82) is 0 Å². The van der Waals surface area contributed by atoms with Crippen LogP contribution in [0.5, 0.6) is 5.75 Å². The highest BCUT2D eigenvalue weighted by molar-refractivity contribution is 5.94. The summed E-state index contributed by atoms with van der Waals surface area (Å²) in [6.07, 6.45) is 6.34. The summed E-state index contributed by atoms with van der Waals surface area (Å²) < 4.78 is 5.82. The zero-order valence-electron chi connectivity index (χ0n) is 14.8. The molecule has 1 aliphatic carbocycles. The van der Waals surface area contributed by atoms with E-state index in [4.69, 9.17) is 4.74 Å². The summed E-state index contributed by atoms with van der Waals surface area (Å²) in [6, 6.07) is 7.45. The van der Waals surface area contributed by atoms with Crippen LogP contribution in [0.15, 0.2) is 24.3 Å². The number of hydrogen-bond donors (Lipinski definition) is 1. The Morgan fingerprint density at radius 2 is 1.92 bits per heavy atom. The highest BCUT2D eigenvalue weighted by Crippen LogP contribution is 2.37. The van der Waals surface area contributed by atoms with Gasteiger partial charge in [0.2, 0.25) is 0 Å². The van der Waals surface area contributed by atoms with Crippen LogP contribution < -0.4 is 10.1 Å². The molecule has 2 fully saturated rings. The van der Waals surface area contributed by atoms with Gasteiger partial charge < -0.3 is 15.0 Å². The molecule has 1 heterocycles. The van der Waals surface area contributed by atoms with Crippen LogP contribution in [0.4, 0.5) is 0 Å². The van der Waals surface area contributed by atoms with Gasteiger partial charge >= 0.3 is 0 Å². The lowest BCUT2D eigenvalue weighted by molar-refractivity contribution is 0.0953. The van der Waals surface area contributed by atoms with Crippen LogP contribution in [0.2, 0.25) is 0 Å². The predicted molar refractivity (Wildman–Crippen MR) is 96.4 cm³/mol. The summed E-state index contributed by atoms with van der Waals surface area (Å²) in [6.45, 7) is 7.25. The second kappa shape index (κ2) is 8.52. The molecule has 1 N–H and O–H groups in total. The average molecular weight is 330 g/mol. The third-order valence-electron chi connectivity index (χ3n) is 5.34. The minimum Gasteiger partial charge on any atom is -0.494 e. The number of hydrogen-bond acceptors (Lipinski definition) is 3. The molecule has 1 aliphatic heterocycles. The monoisotopic (exact) mass is 330 g/mol. The molecule has 1 aromatic rings. The molecule has 0 radical (unpaired) electrons. The highest BCUT2D eigenvalue weighted by atomic mass is 16.5. The topological polar surface area (TPSA) is 41.6 Å². The Morgan fingerprint density at radius 1 is 1.21 bits per heavy atom. The number of benzene rings is 1. The molecule has 2 unspecified atom stereocenters. The van der Waals surface area contributed by atoms with Gasteiger partial charge in [-0.25, -0.2) is 0 Å². The molecule has 0 bridgehead atoms. The molecule has 4 heteroatoms. The van der Waals surface area contributed by atoms with Gasteiger partial charge in [-0.05, 0) is 61.8 Å². The first-order valence-corrected chi connectivity index (χ1v) is 9.49. The summed E-state index contributed by atoms with van der Waals surface area (Å²) in [5.41, 5.74) is 0.694. The van der Waals surface area contributed by atoms with Crippen molar-refractivity contribution < 1.29 is 9.53 Å². The number of nitrogens with zero attached hydrogens (tertiary/aromatic N) is 1. The third-order valence-corrected chi connectivity index (χ3v) is 5.34. The van der Waals surface area contributed by atoms with Crippen molar-refractivity contribution in [3.63, 3.8) is 0 Å². The number of rotatable bonds is 8. The fraction of sp³-hybridized carbons (Fsp3) is 0.650. The van der Waals surface area contributed by atoms with Gasteiger partial charge in [-0.3, -0.25) is 4.79 Å². The van der Waals surface area contributed by atoms with Crippen molar-refractivity contribution >= 4 is 5.91 Å². The van der Waals surface area contributed by atoms with E-state index >= 15 is 0 Å². The van der Waals surface area contributed by atoms with Gasteiger partial charge in [0, 0.05) is 31.7 Å². The van der Waals surface area contributed by atoms with Gasteiger partial charge in [0.15, 0.2) is 0 Å². The van der Waals surface area contributed by atoms with Crippen LogP contribution in [0.25, 0.3) is 0 Å². The summed E-state index contributed by atoms with van der Waals surface area (Å²) in [5.74, 6) is 2.78. The second-order valence-corrected chi connectivity index (χ2v) is 7.19. The van der Waals surface area contributed by atoms with E-state index in [0.717, 1.165) is 50.1 Å². The second-order valence-electron chi connectivity index (χ2n) is 7.19. The molecule has 0 spiro atoms. The number of fused-ring (bicyclic) bond motifs is 1. The highest BCUT2D eigenvalue weighted by Gasteiger charge is 2.35. The number of carbonyl (C=O) groups is 1. The van der Waals surface area contributed by atoms with Crippen LogP contribution in [-0.4, -0.2) is 43.6 Å². The van der Waals surface area contributed by atoms with Crippen molar-refractivity contribution in [2.75, 3.05) is 32.8 Å². The fourth-order valence-electron chi connectivity index (χ4n) is 4.04. The first-order valence-electron chi connectivity index (χ1n) is 9.49.